The third-order valence-corrected chi connectivity index (χ3v) is 3.48. The average Bonchev–Trinajstić information content (AvgIpc) is 2.93. The highest BCUT2D eigenvalue weighted by Crippen LogP contribution is 2.20. The van der Waals surface area contributed by atoms with Gasteiger partial charge in [0.1, 0.15) is 0 Å². The van der Waals surface area contributed by atoms with E-state index in [0.717, 1.165) is 22.5 Å². The van der Waals surface area contributed by atoms with Gasteiger partial charge in [0.05, 0.1) is 11.6 Å². The Hall–Kier alpha value is -2.88. The molecule has 0 spiro atoms. The third kappa shape index (κ3) is 2.76. The minimum absolute atomic E-state index is 0.496. The molecule has 0 aliphatic heterocycles. The summed E-state index contributed by atoms with van der Waals surface area (Å²) in [6.07, 6.45) is 2.57. The van der Waals surface area contributed by atoms with E-state index in [9.17, 15) is 9.18 Å². The zero-order valence-electron chi connectivity index (χ0n) is 12.1. The minimum atomic E-state index is -0.618. The Morgan fingerprint density at radius 1 is 1.09 bits per heavy atom. The molecular formula is C18H15FN2O. The smallest absolute Gasteiger partial charge is 0.252 e. The maximum absolute atomic E-state index is 14.3. The lowest BCUT2D eigenvalue weighted by molar-refractivity contribution is -0.111. The molecule has 1 heterocycles. The van der Waals surface area contributed by atoms with Gasteiger partial charge in [-0.3, -0.25) is 9.36 Å². The van der Waals surface area contributed by atoms with E-state index in [1.807, 2.05) is 55.5 Å². The minimum Gasteiger partial charge on any atom is -0.322 e. The second-order valence-corrected chi connectivity index (χ2v) is 5.02. The van der Waals surface area contributed by atoms with Crippen molar-refractivity contribution in [3.05, 3.63) is 72.4 Å². The first kappa shape index (κ1) is 14.1. The molecule has 0 saturated carbocycles. The summed E-state index contributed by atoms with van der Waals surface area (Å²) in [6.45, 7) is 1.88. The molecule has 0 aliphatic carbocycles. The largest absolute Gasteiger partial charge is 0.322 e. The Balaban J connectivity index is 1.85. The van der Waals surface area contributed by atoms with Crippen LogP contribution >= 0.6 is 0 Å². The van der Waals surface area contributed by atoms with Gasteiger partial charge in [-0.15, -0.1) is 0 Å². The monoisotopic (exact) mass is 294 g/mol. The lowest BCUT2D eigenvalue weighted by atomic mass is 10.2. The topological polar surface area (TPSA) is 34.0 Å². The Bertz CT molecular complexity index is 864. The zero-order valence-corrected chi connectivity index (χ0v) is 12.1. The summed E-state index contributed by atoms with van der Waals surface area (Å²) < 4.78 is 15.7. The Morgan fingerprint density at radius 3 is 2.64 bits per heavy atom. The van der Waals surface area contributed by atoms with Crippen LogP contribution in [0.25, 0.3) is 16.9 Å². The van der Waals surface area contributed by atoms with E-state index >= 15 is 0 Å². The van der Waals surface area contributed by atoms with Crippen molar-refractivity contribution in [3.63, 3.8) is 0 Å². The van der Waals surface area contributed by atoms with Gasteiger partial charge in [0.15, 0.2) is 0 Å². The lowest BCUT2D eigenvalue weighted by Crippen LogP contribution is -2.10. The number of carbonyl (C=O) groups excluding carboxylic acids is 1. The first-order chi connectivity index (χ1) is 10.6. The van der Waals surface area contributed by atoms with Crippen molar-refractivity contribution in [2.24, 2.45) is 0 Å². The molecule has 1 aromatic heterocycles. The van der Waals surface area contributed by atoms with E-state index in [0.29, 0.717) is 5.69 Å². The Morgan fingerprint density at radius 2 is 1.82 bits per heavy atom. The van der Waals surface area contributed by atoms with Crippen LogP contribution in [-0.2, 0) is 4.79 Å². The van der Waals surface area contributed by atoms with Gasteiger partial charge in [-0.1, -0.05) is 36.4 Å². The molecule has 0 unspecified atom stereocenters. The van der Waals surface area contributed by atoms with Crippen LogP contribution in [-0.4, -0.2) is 10.5 Å². The lowest BCUT2D eigenvalue weighted by Gasteiger charge is -2.06. The fourth-order valence-corrected chi connectivity index (χ4v) is 2.33. The van der Waals surface area contributed by atoms with E-state index < -0.39 is 11.9 Å². The van der Waals surface area contributed by atoms with Crippen LogP contribution in [0.5, 0.6) is 0 Å². The fraction of sp³-hybridized carbons (Fsp3) is 0.0556. The van der Waals surface area contributed by atoms with Crippen LogP contribution in [0.2, 0.25) is 0 Å². The number of fused-ring (bicyclic) bond motifs is 1. The number of nitrogens with one attached hydrogen (secondary N) is 1. The van der Waals surface area contributed by atoms with E-state index in [1.165, 1.54) is 4.57 Å². The number of aromatic nitrogens is 1. The summed E-state index contributed by atoms with van der Waals surface area (Å²) in [5.74, 6) is -1.11. The molecule has 0 atom stereocenters. The van der Waals surface area contributed by atoms with Crippen molar-refractivity contribution in [2.75, 3.05) is 5.32 Å². The molecular weight excluding hydrogens is 279 g/mol. The Kier molecular flexibility index (Phi) is 3.74. The first-order valence-electron chi connectivity index (χ1n) is 6.95. The highest BCUT2D eigenvalue weighted by atomic mass is 19.1. The van der Waals surface area contributed by atoms with E-state index in [1.54, 1.807) is 12.3 Å². The van der Waals surface area contributed by atoms with Gasteiger partial charge in [-0.25, -0.2) is 0 Å². The van der Waals surface area contributed by atoms with Crippen molar-refractivity contribution in [3.8, 4) is 0 Å². The summed E-state index contributed by atoms with van der Waals surface area (Å²) in [7, 11) is 0. The summed E-state index contributed by atoms with van der Waals surface area (Å²) in [5.41, 5.74) is 2.32. The molecule has 22 heavy (non-hydrogen) atoms. The zero-order chi connectivity index (χ0) is 15.5. The summed E-state index contributed by atoms with van der Waals surface area (Å²) in [4.78, 5) is 12.0. The van der Waals surface area contributed by atoms with Gasteiger partial charge in [0.25, 0.3) is 5.91 Å². The molecule has 1 amide bonds. The number of anilines is 1. The van der Waals surface area contributed by atoms with Crippen LogP contribution in [0.4, 0.5) is 10.1 Å². The van der Waals surface area contributed by atoms with Gasteiger partial charge in [0, 0.05) is 17.3 Å². The van der Waals surface area contributed by atoms with Crippen molar-refractivity contribution < 1.29 is 9.18 Å². The summed E-state index contributed by atoms with van der Waals surface area (Å²) >= 11 is 0. The number of carbonyl (C=O) groups is 1. The Labute approximate surface area is 127 Å². The normalized spacial score (nSPS) is 11.6. The number of benzene rings is 2. The van der Waals surface area contributed by atoms with Crippen LogP contribution in [0, 0.1) is 6.92 Å². The van der Waals surface area contributed by atoms with E-state index in [2.05, 4.69) is 5.32 Å². The highest BCUT2D eigenvalue weighted by Gasteiger charge is 2.08. The van der Waals surface area contributed by atoms with Gasteiger partial charge < -0.3 is 5.32 Å². The molecule has 2 aromatic carbocycles. The average molecular weight is 294 g/mol. The molecule has 110 valence electrons. The third-order valence-electron chi connectivity index (χ3n) is 3.48. The summed E-state index contributed by atoms with van der Waals surface area (Å²) in [5, 5.41) is 3.60. The second-order valence-electron chi connectivity index (χ2n) is 5.02. The number of rotatable bonds is 3. The number of halogens is 1. The van der Waals surface area contributed by atoms with Gasteiger partial charge in [-0.05, 0) is 30.7 Å². The second kappa shape index (κ2) is 5.85. The molecule has 4 heteroatoms. The number of para-hydroxylation sites is 2. The molecule has 0 fully saturated rings. The molecule has 3 rings (SSSR count). The van der Waals surface area contributed by atoms with Crippen LogP contribution in [0.3, 0.4) is 0 Å². The standard InChI is InChI=1S/C18H15FN2O/c1-13-6-2-4-8-15(13)20-18(22)12-17(19)21-11-10-14-7-3-5-9-16(14)21/h2-12H,1H3,(H,20,22)/b17-12+. The van der Waals surface area contributed by atoms with Crippen molar-refractivity contribution >= 4 is 28.4 Å². The molecule has 0 bridgehead atoms. The number of hydrogen-bond donors (Lipinski definition) is 1. The van der Waals surface area contributed by atoms with Gasteiger partial charge in [0.2, 0.25) is 5.95 Å². The van der Waals surface area contributed by atoms with Crippen LogP contribution in [0.15, 0.2) is 66.9 Å². The summed E-state index contributed by atoms with van der Waals surface area (Å²) in [6, 6.07) is 16.6. The maximum atomic E-state index is 14.3. The number of amides is 1. The molecule has 3 aromatic rings. The molecule has 0 radical (unpaired) electrons. The highest BCUT2D eigenvalue weighted by molar-refractivity contribution is 6.02. The van der Waals surface area contributed by atoms with E-state index in [-0.39, 0.29) is 0 Å². The van der Waals surface area contributed by atoms with Crippen molar-refractivity contribution in [1.29, 1.82) is 0 Å². The predicted octanol–water partition coefficient (Wildman–Crippen LogP) is 4.36. The number of hydrogen-bond acceptors (Lipinski definition) is 1. The van der Waals surface area contributed by atoms with Crippen LogP contribution < -0.4 is 5.32 Å². The van der Waals surface area contributed by atoms with Crippen LogP contribution in [0.1, 0.15) is 5.56 Å². The van der Waals surface area contributed by atoms with Gasteiger partial charge in [-0.2, -0.15) is 4.39 Å². The van der Waals surface area contributed by atoms with Gasteiger partial charge >= 0.3 is 0 Å². The quantitative estimate of drug-likeness (QED) is 0.716. The number of nitrogens with zero attached hydrogens (tertiary/aromatic N) is 1. The maximum Gasteiger partial charge on any atom is 0.252 e. The van der Waals surface area contributed by atoms with E-state index in [4.69, 9.17) is 0 Å². The molecule has 3 nitrogen and oxygen atoms in total. The predicted molar refractivity (Wildman–Crippen MR) is 87.1 cm³/mol. The molecule has 0 aliphatic rings. The molecule has 1 N–H and O–H groups in total. The first-order valence-corrected chi connectivity index (χ1v) is 6.95. The SMILES string of the molecule is Cc1ccccc1NC(=O)/C=C(\F)n1ccc2ccccc21. The van der Waals surface area contributed by atoms with Crippen molar-refractivity contribution in [1.82, 2.24) is 4.57 Å². The van der Waals surface area contributed by atoms with Crippen molar-refractivity contribution in [2.45, 2.75) is 6.92 Å². The number of aryl methyl sites for hydroxylation is 1. The molecule has 0 saturated heterocycles. The fourth-order valence-electron chi connectivity index (χ4n) is 2.33.